The summed E-state index contributed by atoms with van der Waals surface area (Å²) in [5, 5.41) is 12.7. The minimum Gasteiger partial charge on any atom is -0.491 e. The molecule has 5 aromatic rings. The summed E-state index contributed by atoms with van der Waals surface area (Å²) in [5.74, 6) is -1.37. The van der Waals surface area contributed by atoms with Crippen molar-refractivity contribution in [2.24, 2.45) is 0 Å². The average Bonchev–Trinajstić information content (AvgIpc) is 3.44. The van der Waals surface area contributed by atoms with Gasteiger partial charge in [0.1, 0.15) is 17.4 Å². The number of hydrogen-bond acceptors (Lipinski definition) is 3. The fraction of sp³-hybridized carbons (Fsp3) is 0.189. The molecule has 230 valence electrons. The van der Waals surface area contributed by atoms with E-state index < -0.39 is 5.97 Å². The fourth-order valence-corrected chi connectivity index (χ4v) is 5.39. The molecule has 0 aliphatic heterocycles. The Hall–Kier alpha value is -5.24. The largest absolute Gasteiger partial charge is 0.491 e. The molecule has 5 rings (SSSR count). The summed E-state index contributed by atoms with van der Waals surface area (Å²) in [6.07, 6.45) is 5.44. The quantitative estimate of drug-likeness (QED) is 0.104. The second-order valence-corrected chi connectivity index (χ2v) is 10.8. The van der Waals surface area contributed by atoms with Gasteiger partial charge in [0.25, 0.3) is 0 Å². The van der Waals surface area contributed by atoms with Crippen LogP contribution >= 0.6 is 0 Å². The highest BCUT2D eigenvalue weighted by Crippen LogP contribution is 2.33. The van der Waals surface area contributed by atoms with E-state index in [1.807, 2.05) is 30.5 Å². The first-order valence-corrected chi connectivity index (χ1v) is 14.9. The van der Waals surface area contributed by atoms with Crippen molar-refractivity contribution in [3.63, 3.8) is 0 Å². The SMILES string of the molecule is CCCC(=CC(=O)Nc1ccccc1OCCCC(=O)O)c1ccc2c(ccn2C(c2ccc(F)cc2)c2ccc(F)cc2)c1. The maximum Gasteiger partial charge on any atom is 0.303 e. The lowest BCUT2D eigenvalue weighted by molar-refractivity contribution is -0.137. The van der Waals surface area contributed by atoms with Crippen LogP contribution in [0.2, 0.25) is 0 Å². The van der Waals surface area contributed by atoms with Crippen LogP contribution in [0.1, 0.15) is 55.3 Å². The van der Waals surface area contributed by atoms with Crippen LogP contribution in [-0.2, 0) is 9.59 Å². The van der Waals surface area contributed by atoms with Gasteiger partial charge in [-0.05, 0) is 89.7 Å². The molecule has 6 nitrogen and oxygen atoms in total. The van der Waals surface area contributed by atoms with E-state index in [1.165, 1.54) is 24.3 Å². The molecular formula is C37H34F2N2O4. The number of rotatable bonds is 13. The van der Waals surface area contributed by atoms with Crippen molar-refractivity contribution in [1.82, 2.24) is 4.57 Å². The second kappa shape index (κ2) is 14.5. The predicted molar refractivity (Wildman–Crippen MR) is 172 cm³/mol. The number of nitrogens with zero attached hydrogens (tertiary/aromatic N) is 1. The minimum atomic E-state index is -0.885. The summed E-state index contributed by atoms with van der Waals surface area (Å²) < 4.78 is 35.4. The number of aromatic nitrogens is 1. The van der Waals surface area contributed by atoms with Crippen molar-refractivity contribution < 1.29 is 28.2 Å². The van der Waals surface area contributed by atoms with Crippen LogP contribution in [0.25, 0.3) is 16.5 Å². The Kier molecular flexibility index (Phi) is 10.0. The fourth-order valence-electron chi connectivity index (χ4n) is 5.39. The van der Waals surface area contributed by atoms with Crippen LogP contribution in [0.3, 0.4) is 0 Å². The number of para-hydroxylation sites is 2. The molecule has 2 N–H and O–H groups in total. The zero-order valence-electron chi connectivity index (χ0n) is 24.9. The van der Waals surface area contributed by atoms with E-state index in [2.05, 4.69) is 16.8 Å². The summed E-state index contributed by atoms with van der Waals surface area (Å²) >= 11 is 0. The molecule has 0 aliphatic rings. The molecule has 8 heteroatoms. The predicted octanol–water partition coefficient (Wildman–Crippen LogP) is 8.62. The molecule has 0 unspecified atom stereocenters. The molecular weight excluding hydrogens is 574 g/mol. The molecule has 0 atom stereocenters. The molecule has 1 amide bonds. The summed E-state index contributed by atoms with van der Waals surface area (Å²) in [4.78, 5) is 24.0. The molecule has 0 aliphatic carbocycles. The first-order chi connectivity index (χ1) is 21.8. The summed E-state index contributed by atoms with van der Waals surface area (Å²) in [5.41, 5.74) is 4.95. The number of halogens is 2. The van der Waals surface area contributed by atoms with Gasteiger partial charge in [0, 0.05) is 29.6 Å². The van der Waals surface area contributed by atoms with Crippen LogP contribution in [-0.4, -0.2) is 28.2 Å². The zero-order chi connectivity index (χ0) is 31.8. The third kappa shape index (κ3) is 7.84. The third-order valence-corrected chi connectivity index (χ3v) is 7.50. The van der Waals surface area contributed by atoms with Gasteiger partial charge in [-0.25, -0.2) is 8.78 Å². The second-order valence-electron chi connectivity index (χ2n) is 10.8. The molecule has 0 spiro atoms. The Morgan fingerprint density at radius 2 is 1.56 bits per heavy atom. The Balaban J connectivity index is 1.42. The number of amides is 1. The summed E-state index contributed by atoms with van der Waals surface area (Å²) in [6.45, 7) is 2.27. The molecule has 0 bridgehead atoms. The number of carbonyl (C=O) groups excluding carboxylic acids is 1. The van der Waals surface area contributed by atoms with Crippen LogP contribution in [0.4, 0.5) is 14.5 Å². The first-order valence-electron chi connectivity index (χ1n) is 14.9. The van der Waals surface area contributed by atoms with Gasteiger partial charge in [-0.2, -0.15) is 0 Å². The van der Waals surface area contributed by atoms with E-state index in [0.29, 0.717) is 24.3 Å². The molecule has 45 heavy (non-hydrogen) atoms. The van der Waals surface area contributed by atoms with Gasteiger partial charge in [0.2, 0.25) is 5.91 Å². The molecule has 4 aromatic carbocycles. The number of aliphatic carboxylic acids is 1. The number of carboxylic acid groups (broad SMARTS) is 1. The molecule has 0 fully saturated rings. The van der Waals surface area contributed by atoms with Crippen molar-refractivity contribution in [1.29, 1.82) is 0 Å². The van der Waals surface area contributed by atoms with Crippen molar-refractivity contribution in [3.8, 4) is 5.75 Å². The van der Waals surface area contributed by atoms with Gasteiger partial charge in [0.05, 0.1) is 18.3 Å². The number of carboxylic acids is 1. The van der Waals surface area contributed by atoms with Crippen molar-refractivity contribution in [2.75, 3.05) is 11.9 Å². The monoisotopic (exact) mass is 608 g/mol. The number of allylic oxidation sites excluding steroid dienone is 1. The van der Waals surface area contributed by atoms with E-state index in [1.54, 1.807) is 54.6 Å². The molecule has 1 heterocycles. The smallest absolute Gasteiger partial charge is 0.303 e. The standard InChI is InChI=1S/C37H34F2N2O4/c1-2-6-27(24-35(42)40-32-7-3-4-8-34(32)45-22-5-9-36(43)44)28-14-19-33-29(23-28)20-21-41(33)37(25-10-15-30(38)16-11-25)26-12-17-31(39)18-13-26/h3-4,7-8,10-21,23-24,37H,2,5-6,9,22H2,1H3,(H,40,42)(H,43,44). The number of benzene rings is 4. The van der Waals surface area contributed by atoms with Gasteiger partial charge in [-0.15, -0.1) is 0 Å². The number of anilines is 1. The van der Waals surface area contributed by atoms with Crippen LogP contribution in [0.15, 0.2) is 109 Å². The molecule has 0 saturated heterocycles. The van der Waals surface area contributed by atoms with E-state index >= 15 is 0 Å². The topological polar surface area (TPSA) is 80.6 Å². The van der Waals surface area contributed by atoms with E-state index in [-0.39, 0.29) is 36.6 Å². The highest BCUT2D eigenvalue weighted by Gasteiger charge is 2.19. The summed E-state index contributed by atoms with van der Waals surface area (Å²) in [7, 11) is 0. The normalized spacial score (nSPS) is 11.6. The molecule has 0 saturated carbocycles. The number of ether oxygens (including phenoxy) is 1. The highest BCUT2D eigenvalue weighted by atomic mass is 19.1. The van der Waals surface area contributed by atoms with Crippen molar-refractivity contribution in [3.05, 3.63) is 138 Å². The van der Waals surface area contributed by atoms with Gasteiger partial charge in [-0.3, -0.25) is 9.59 Å². The lowest BCUT2D eigenvalue weighted by Crippen LogP contribution is -2.12. The Morgan fingerprint density at radius 1 is 0.889 bits per heavy atom. The van der Waals surface area contributed by atoms with Crippen molar-refractivity contribution in [2.45, 2.75) is 38.6 Å². The third-order valence-electron chi connectivity index (χ3n) is 7.50. The number of hydrogen-bond donors (Lipinski definition) is 2. The van der Waals surface area contributed by atoms with Crippen LogP contribution < -0.4 is 10.1 Å². The van der Waals surface area contributed by atoms with Gasteiger partial charge < -0.3 is 19.7 Å². The van der Waals surface area contributed by atoms with E-state index in [0.717, 1.165) is 39.6 Å². The van der Waals surface area contributed by atoms with E-state index in [9.17, 15) is 18.4 Å². The van der Waals surface area contributed by atoms with Gasteiger partial charge in [0.15, 0.2) is 0 Å². The Bertz CT molecular complexity index is 1770. The van der Waals surface area contributed by atoms with Gasteiger partial charge >= 0.3 is 5.97 Å². The van der Waals surface area contributed by atoms with Gasteiger partial charge in [-0.1, -0.05) is 55.8 Å². The van der Waals surface area contributed by atoms with Crippen LogP contribution in [0, 0.1) is 11.6 Å². The molecule has 0 radical (unpaired) electrons. The Labute approximate surface area is 260 Å². The van der Waals surface area contributed by atoms with E-state index in [4.69, 9.17) is 9.84 Å². The lowest BCUT2D eigenvalue weighted by atomic mass is 9.97. The highest BCUT2D eigenvalue weighted by molar-refractivity contribution is 6.05. The first kappa shape index (κ1) is 31.2. The number of carbonyl (C=O) groups is 2. The van der Waals surface area contributed by atoms with Crippen molar-refractivity contribution >= 4 is 34.0 Å². The maximum atomic E-state index is 13.8. The summed E-state index contributed by atoms with van der Waals surface area (Å²) in [6, 6.07) is 27.4. The average molecular weight is 609 g/mol. The minimum absolute atomic E-state index is 0.00447. The number of nitrogens with one attached hydrogen (secondary N) is 1. The zero-order valence-corrected chi connectivity index (χ0v) is 24.9. The van der Waals surface area contributed by atoms with Crippen LogP contribution in [0.5, 0.6) is 5.75 Å². The maximum absolute atomic E-state index is 13.8. The number of fused-ring (bicyclic) bond motifs is 1. The lowest BCUT2D eigenvalue weighted by Gasteiger charge is -2.22. The molecule has 1 aromatic heterocycles. The Morgan fingerprint density at radius 3 is 2.20 bits per heavy atom.